The molecule has 0 saturated heterocycles. The van der Waals surface area contributed by atoms with Gasteiger partial charge >= 0.3 is 0 Å². The number of unbranched alkanes of at least 4 members (excludes halogenated alkanes) is 3. The number of aliphatic hydroxyl groups excluding tert-OH is 4. The van der Waals surface area contributed by atoms with E-state index in [0.29, 0.717) is 37.1 Å². The van der Waals surface area contributed by atoms with Gasteiger partial charge in [-0.15, -0.1) is 4.99 Å². The summed E-state index contributed by atoms with van der Waals surface area (Å²) in [7, 11) is 0. The molecule has 2 heterocycles. The Balaban J connectivity index is 0.988. The molecule has 6 aliphatic rings. The van der Waals surface area contributed by atoms with E-state index in [2.05, 4.69) is 23.5 Å². The molecule has 1 spiro atoms. The first-order chi connectivity index (χ1) is 25.7. The Kier molecular flexibility index (Phi) is 13.9. The van der Waals surface area contributed by atoms with Crippen molar-refractivity contribution >= 4 is 5.71 Å². The van der Waals surface area contributed by atoms with Crippen LogP contribution in [-0.2, 0) is 11.2 Å². The fraction of sp³-hybridized carbons (Fsp3) is 0.651. The van der Waals surface area contributed by atoms with Crippen LogP contribution in [0, 0.1) is 35.1 Å². The minimum atomic E-state index is -0.952. The lowest BCUT2D eigenvalue weighted by Crippen LogP contribution is -2.41. The maximum Gasteiger partial charge on any atom is 0.196 e. The van der Waals surface area contributed by atoms with Crippen LogP contribution in [0.3, 0.4) is 0 Å². The predicted molar refractivity (Wildman–Crippen MR) is 207 cm³/mol. The first-order valence-corrected chi connectivity index (χ1v) is 20.3. The second kappa shape index (κ2) is 18.6. The molecule has 2 fully saturated rings. The number of nitrogens with two attached hydrogens (primary N) is 1. The number of ether oxygens (including phenoxy) is 2. The van der Waals surface area contributed by atoms with Gasteiger partial charge < -0.3 is 46.1 Å². The zero-order valence-corrected chi connectivity index (χ0v) is 31.6. The van der Waals surface area contributed by atoms with E-state index in [0.717, 1.165) is 93.7 Å². The molecule has 1 aromatic carbocycles. The molecule has 53 heavy (non-hydrogen) atoms. The number of hydrogen-bond donors (Lipinski definition) is 7. The summed E-state index contributed by atoms with van der Waals surface area (Å²) in [5, 5.41) is 54.3. The molecule has 10 heteroatoms. The summed E-state index contributed by atoms with van der Waals surface area (Å²) in [6.45, 7) is 3.25. The minimum absolute atomic E-state index is 0.0182. The minimum Gasteiger partial charge on any atom is -0.592 e. The van der Waals surface area contributed by atoms with Crippen molar-refractivity contribution < 1.29 is 35.0 Å². The molecule has 7 rings (SSSR count). The van der Waals surface area contributed by atoms with Crippen LogP contribution < -0.4 is 15.8 Å². The summed E-state index contributed by atoms with van der Waals surface area (Å²) in [6, 6.07) is 6.09. The zero-order valence-electron chi connectivity index (χ0n) is 31.6. The highest BCUT2D eigenvalue weighted by Crippen LogP contribution is 2.60. The smallest absolute Gasteiger partial charge is 0.196 e. The second-order valence-electron chi connectivity index (χ2n) is 16.2. The highest BCUT2D eigenvalue weighted by Gasteiger charge is 2.59. The number of benzene rings is 1. The number of aliphatic imine (C=N–C) groups is 1. The lowest BCUT2D eigenvalue weighted by atomic mass is 9.64. The fourth-order valence-electron chi connectivity index (χ4n) is 9.44. The van der Waals surface area contributed by atoms with Crippen LogP contribution in [0.25, 0.3) is 0 Å². The van der Waals surface area contributed by atoms with Crippen molar-refractivity contribution in [1.29, 1.82) is 0 Å². The molecule has 0 amide bonds. The third kappa shape index (κ3) is 9.64. The van der Waals surface area contributed by atoms with E-state index in [9.17, 15) is 20.4 Å². The van der Waals surface area contributed by atoms with Gasteiger partial charge in [-0.25, -0.2) is 0 Å². The molecule has 2 aliphatic heterocycles. The Morgan fingerprint density at radius 1 is 1.13 bits per heavy atom. The Morgan fingerprint density at radius 2 is 1.96 bits per heavy atom. The van der Waals surface area contributed by atoms with Gasteiger partial charge in [0.25, 0.3) is 0 Å². The van der Waals surface area contributed by atoms with Crippen LogP contribution in [0.1, 0.15) is 96.0 Å². The number of rotatable bonds is 22. The monoisotopic (exact) mass is 733 g/mol. The van der Waals surface area contributed by atoms with Gasteiger partial charge in [0.2, 0.25) is 0 Å². The van der Waals surface area contributed by atoms with Gasteiger partial charge in [0.15, 0.2) is 29.4 Å². The van der Waals surface area contributed by atoms with Gasteiger partial charge in [-0.3, -0.25) is 0 Å². The average Bonchev–Trinajstić information content (AvgIpc) is 3.87. The normalized spacial score (nSPS) is 27.5. The number of hydrogen-bond acceptors (Lipinski definition) is 10. The van der Waals surface area contributed by atoms with Crippen molar-refractivity contribution in [3.63, 3.8) is 0 Å². The van der Waals surface area contributed by atoms with Crippen molar-refractivity contribution in [1.82, 2.24) is 5.32 Å². The van der Waals surface area contributed by atoms with Crippen LogP contribution in [0.15, 0.2) is 58.8 Å². The van der Waals surface area contributed by atoms with Gasteiger partial charge in [-0.1, -0.05) is 62.5 Å². The predicted octanol–water partition coefficient (Wildman–Crippen LogP) is 5.23. The fourth-order valence-corrected chi connectivity index (χ4v) is 9.44. The zero-order chi connectivity index (χ0) is 37.4. The van der Waals surface area contributed by atoms with E-state index < -0.39 is 12.2 Å². The number of allylic oxidation sites excluding steroid dienone is 3. The van der Waals surface area contributed by atoms with Crippen molar-refractivity contribution in [2.45, 2.75) is 121 Å². The number of aliphatic hydroxyl groups is 4. The quantitative estimate of drug-likeness (QED) is 0.0479. The SMILES string of the molecule is C[C@H](O)CNC[C@H]1C2=C[C+]([C@@H](O)COc3cc(CCC4=C[C-](CO)C(CCCCCC[C@H](N)CCCO)O4)ccc3O)N=C2[C@H]2C=C[C@@]13CCC[C@@H]3C2. The molecular formula is C43H63N3O7. The van der Waals surface area contributed by atoms with Crippen molar-refractivity contribution in [3.05, 3.63) is 71.4 Å². The number of nitrogens with one attached hydrogen (secondary N) is 1. The van der Waals surface area contributed by atoms with Gasteiger partial charge in [-0.2, -0.15) is 12.0 Å². The number of aryl methyl sites for hydroxylation is 1. The molecule has 0 aromatic heterocycles. The van der Waals surface area contributed by atoms with Crippen LogP contribution >= 0.6 is 0 Å². The Labute approximate surface area is 316 Å². The molecule has 292 valence electrons. The first kappa shape index (κ1) is 39.7. The molecule has 0 radical (unpaired) electrons. The van der Waals surface area contributed by atoms with Crippen molar-refractivity contribution in [3.8, 4) is 11.5 Å². The average molecular weight is 734 g/mol. The molecular weight excluding hydrogens is 670 g/mol. The Hall–Kier alpha value is -2.99. The largest absolute Gasteiger partial charge is 0.592 e. The standard InChI is InChI=1S/C43H63N3O7/c1-28(49)24-45-25-36-35-23-37(46-42(35)30-16-18-43(36)17-6-8-32(43)21-30)39(51)27-52-41-20-29(13-15-38(41)50)12-14-34-22-31(26-48)40(53-34)11-5-3-2-4-9-33(44)10-7-19-47/h13,15-16,18,20,22-23,28,30,32-33,36,39-40,45,47-51H,2-12,14,17,19,21,24-27,44H2,1H3/t28-,30-,32+,33-,36-,39-,40?,43+/m0/s1. The van der Waals surface area contributed by atoms with Gasteiger partial charge in [0, 0.05) is 43.9 Å². The number of phenols is 1. The summed E-state index contributed by atoms with van der Waals surface area (Å²) < 4.78 is 12.3. The van der Waals surface area contributed by atoms with E-state index in [1.54, 1.807) is 13.0 Å². The number of aromatic hydroxyl groups is 1. The maximum absolute atomic E-state index is 11.3. The molecule has 8 atom stereocenters. The molecule has 1 aromatic rings. The first-order valence-electron chi connectivity index (χ1n) is 20.3. The lowest BCUT2D eigenvalue weighted by molar-refractivity contribution is 0.119. The highest BCUT2D eigenvalue weighted by molar-refractivity contribution is 6.07. The maximum atomic E-state index is 11.3. The Morgan fingerprint density at radius 3 is 2.77 bits per heavy atom. The second-order valence-corrected chi connectivity index (χ2v) is 16.2. The summed E-state index contributed by atoms with van der Waals surface area (Å²) in [4.78, 5) is 5.03. The topological polar surface area (TPSA) is 170 Å². The van der Waals surface area contributed by atoms with E-state index in [4.69, 9.17) is 25.3 Å². The summed E-state index contributed by atoms with van der Waals surface area (Å²) >= 11 is 0. The molecule has 2 bridgehead atoms. The van der Waals surface area contributed by atoms with E-state index in [1.165, 1.54) is 18.4 Å². The van der Waals surface area contributed by atoms with Gasteiger partial charge in [0.1, 0.15) is 12.2 Å². The van der Waals surface area contributed by atoms with Crippen LogP contribution in [0.5, 0.6) is 11.5 Å². The molecule has 2 saturated carbocycles. The van der Waals surface area contributed by atoms with Crippen molar-refractivity contribution in [2.24, 2.45) is 33.9 Å². The van der Waals surface area contributed by atoms with Crippen LogP contribution in [0.4, 0.5) is 0 Å². The van der Waals surface area contributed by atoms with E-state index in [-0.39, 0.29) is 55.0 Å². The highest BCUT2D eigenvalue weighted by atomic mass is 16.5. The molecule has 8 N–H and O–H groups in total. The molecule has 10 nitrogen and oxygen atoms in total. The summed E-state index contributed by atoms with van der Waals surface area (Å²) in [5.74, 6) is 3.21. The lowest BCUT2D eigenvalue weighted by Gasteiger charge is -2.39. The van der Waals surface area contributed by atoms with Crippen molar-refractivity contribution in [2.75, 3.05) is 32.9 Å². The van der Waals surface area contributed by atoms with E-state index >= 15 is 0 Å². The molecule has 4 aliphatic carbocycles. The van der Waals surface area contributed by atoms with Crippen LogP contribution in [-0.4, -0.2) is 88.5 Å². The number of phenolic OH excluding ortho intramolecular Hbond substituents is 1. The Bertz CT molecular complexity index is 1480. The van der Waals surface area contributed by atoms with Gasteiger partial charge in [-0.05, 0) is 81.9 Å². The number of nitrogens with zero attached hydrogens (tertiary/aromatic N) is 1. The summed E-state index contributed by atoms with van der Waals surface area (Å²) in [6.07, 6.45) is 21.3. The van der Waals surface area contributed by atoms with Gasteiger partial charge in [0.05, 0.1) is 24.0 Å². The third-order valence-corrected chi connectivity index (χ3v) is 12.3. The molecule has 1 unspecified atom stereocenters. The summed E-state index contributed by atoms with van der Waals surface area (Å²) in [5.41, 5.74) is 9.45. The van der Waals surface area contributed by atoms with Crippen LogP contribution in [0.2, 0.25) is 0 Å². The third-order valence-electron chi connectivity index (χ3n) is 12.3. The van der Waals surface area contributed by atoms with E-state index in [1.807, 2.05) is 18.2 Å².